The lowest BCUT2D eigenvalue weighted by molar-refractivity contribution is 0.669. The second kappa shape index (κ2) is 12.9. The molecule has 0 radical (unpaired) electrons. The minimum absolute atomic E-state index is 0.577. The molecule has 0 saturated heterocycles. The number of nitrogens with zero attached hydrogens (tertiary/aromatic N) is 3. The Morgan fingerprint density at radius 2 is 0.755 bits per heavy atom. The van der Waals surface area contributed by atoms with Gasteiger partial charge < -0.3 is 4.42 Å². The third kappa shape index (κ3) is 5.63. The smallest absolute Gasteiger partial charge is 0.164 e. The quantitative estimate of drug-likeness (QED) is 0.176. The first-order valence-corrected chi connectivity index (χ1v) is 17.8. The van der Waals surface area contributed by atoms with Crippen LogP contribution in [0.2, 0.25) is 0 Å². The van der Waals surface area contributed by atoms with Crippen molar-refractivity contribution < 1.29 is 4.42 Å². The van der Waals surface area contributed by atoms with Gasteiger partial charge in [-0.15, -0.1) is 0 Å². The van der Waals surface area contributed by atoms with Gasteiger partial charge in [-0.25, -0.2) is 15.0 Å². The van der Waals surface area contributed by atoms with Crippen LogP contribution in [0.1, 0.15) is 0 Å². The second-order valence-corrected chi connectivity index (χ2v) is 13.2. The summed E-state index contributed by atoms with van der Waals surface area (Å²) in [7, 11) is 0. The zero-order valence-corrected chi connectivity index (χ0v) is 28.6. The number of hydrogen-bond acceptors (Lipinski definition) is 4. The van der Waals surface area contributed by atoms with Gasteiger partial charge >= 0.3 is 0 Å². The highest BCUT2D eigenvalue weighted by atomic mass is 16.3. The Bertz CT molecular complexity index is 2800. The lowest BCUT2D eigenvalue weighted by atomic mass is 9.95. The SMILES string of the molecule is c1ccc(-c2ccc(-c3nc(-c4ccc(-c5ccccc5)cc4)nc(-c4cc(-c5ccccc5)c5c(c4)oc4ccc6ccccc6c45)n3)cc2)cc1. The highest BCUT2D eigenvalue weighted by molar-refractivity contribution is 6.23. The van der Waals surface area contributed by atoms with Crippen molar-refractivity contribution in [1.29, 1.82) is 0 Å². The number of benzene rings is 8. The summed E-state index contributed by atoms with van der Waals surface area (Å²) >= 11 is 0. The molecule has 4 nitrogen and oxygen atoms in total. The highest BCUT2D eigenvalue weighted by Gasteiger charge is 2.20. The van der Waals surface area contributed by atoms with Crippen molar-refractivity contribution in [3.63, 3.8) is 0 Å². The van der Waals surface area contributed by atoms with E-state index in [2.05, 4.69) is 170 Å². The molecular formula is C49H31N3O. The Balaban J connectivity index is 1.18. The van der Waals surface area contributed by atoms with E-state index in [0.717, 1.165) is 77.4 Å². The summed E-state index contributed by atoms with van der Waals surface area (Å²) in [6.07, 6.45) is 0. The molecule has 0 saturated carbocycles. The first-order valence-electron chi connectivity index (χ1n) is 17.8. The average molecular weight is 678 g/mol. The Labute approximate surface area is 306 Å². The molecule has 10 rings (SSSR count). The van der Waals surface area contributed by atoms with Crippen LogP contribution < -0.4 is 0 Å². The van der Waals surface area contributed by atoms with Crippen molar-refractivity contribution in [2.75, 3.05) is 0 Å². The van der Waals surface area contributed by atoms with Crippen LogP contribution in [0.3, 0.4) is 0 Å². The third-order valence-corrected chi connectivity index (χ3v) is 9.94. The molecule has 0 aliphatic rings. The van der Waals surface area contributed by atoms with Crippen molar-refractivity contribution in [3.05, 3.63) is 188 Å². The van der Waals surface area contributed by atoms with Gasteiger partial charge in [-0.05, 0) is 62.4 Å². The van der Waals surface area contributed by atoms with Gasteiger partial charge in [0, 0.05) is 27.5 Å². The van der Waals surface area contributed by atoms with Crippen molar-refractivity contribution in [2.24, 2.45) is 0 Å². The average Bonchev–Trinajstić information content (AvgIpc) is 3.64. The topological polar surface area (TPSA) is 51.8 Å². The summed E-state index contributed by atoms with van der Waals surface area (Å²) in [6.45, 7) is 0. The predicted molar refractivity (Wildman–Crippen MR) is 217 cm³/mol. The fraction of sp³-hybridized carbons (Fsp3) is 0. The molecule has 10 aromatic rings. The van der Waals surface area contributed by atoms with E-state index in [1.54, 1.807) is 0 Å². The predicted octanol–water partition coefficient (Wildman–Crippen LogP) is 12.9. The number of fused-ring (bicyclic) bond motifs is 5. The summed E-state index contributed by atoms with van der Waals surface area (Å²) in [4.78, 5) is 15.4. The Hall–Kier alpha value is -7.17. The summed E-state index contributed by atoms with van der Waals surface area (Å²) < 4.78 is 6.65. The molecule has 0 aliphatic carbocycles. The lowest BCUT2D eigenvalue weighted by Crippen LogP contribution is -2.00. The zero-order valence-electron chi connectivity index (χ0n) is 28.6. The van der Waals surface area contributed by atoms with Crippen LogP contribution in [0, 0.1) is 0 Å². The van der Waals surface area contributed by atoms with Crippen LogP contribution in [0.5, 0.6) is 0 Å². The van der Waals surface area contributed by atoms with Crippen molar-refractivity contribution in [2.45, 2.75) is 0 Å². The van der Waals surface area contributed by atoms with Gasteiger partial charge in [0.25, 0.3) is 0 Å². The molecule has 248 valence electrons. The standard InChI is InChI=1S/C49H31N3O/c1-4-12-32(13-5-1)34-20-24-38(25-21-34)47-50-48(39-26-22-35(23-27-39)33-14-6-2-7-15-33)52-49(51-47)40-30-42(36-16-8-3-9-17-36)46-44(31-40)53-43-29-28-37-18-10-11-19-41(37)45(43)46/h1-31H. The number of rotatable bonds is 6. The molecule has 0 atom stereocenters. The Morgan fingerprint density at radius 1 is 0.302 bits per heavy atom. The van der Waals surface area contributed by atoms with Gasteiger partial charge in [0.15, 0.2) is 17.5 Å². The van der Waals surface area contributed by atoms with E-state index in [1.807, 2.05) is 18.2 Å². The van der Waals surface area contributed by atoms with E-state index < -0.39 is 0 Å². The minimum atomic E-state index is 0.577. The Morgan fingerprint density at radius 3 is 1.32 bits per heavy atom. The van der Waals surface area contributed by atoms with Gasteiger partial charge in [0.2, 0.25) is 0 Å². The van der Waals surface area contributed by atoms with Crippen LogP contribution in [0.15, 0.2) is 192 Å². The molecule has 8 aromatic carbocycles. The van der Waals surface area contributed by atoms with E-state index >= 15 is 0 Å². The van der Waals surface area contributed by atoms with Crippen LogP contribution in [0.4, 0.5) is 0 Å². The van der Waals surface area contributed by atoms with E-state index in [-0.39, 0.29) is 0 Å². The first-order chi connectivity index (χ1) is 26.2. The molecule has 0 aliphatic heterocycles. The highest BCUT2D eigenvalue weighted by Crippen LogP contribution is 2.42. The van der Waals surface area contributed by atoms with E-state index in [4.69, 9.17) is 19.4 Å². The van der Waals surface area contributed by atoms with Gasteiger partial charge in [-0.1, -0.05) is 170 Å². The molecule has 2 aromatic heterocycles. The number of aromatic nitrogens is 3. The van der Waals surface area contributed by atoms with Crippen LogP contribution >= 0.6 is 0 Å². The fourth-order valence-electron chi connectivity index (χ4n) is 7.29. The molecule has 0 amide bonds. The number of furan rings is 1. The molecule has 0 spiro atoms. The van der Waals surface area contributed by atoms with Crippen LogP contribution in [0.25, 0.3) is 100 Å². The molecule has 0 N–H and O–H groups in total. The largest absolute Gasteiger partial charge is 0.456 e. The second-order valence-electron chi connectivity index (χ2n) is 13.2. The maximum absolute atomic E-state index is 6.65. The normalized spacial score (nSPS) is 11.4. The Kier molecular flexibility index (Phi) is 7.43. The van der Waals surface area contributed by atoms with Gasteiger partial charge in [-0.3, -0.25) is 0 Å². The molecule has 0 bridgehead atoms. The van der Waals surface area contributed by atoms with Crippen molar-refractivity contribution in [3.8, 4) is 67.5 Å². The minimum Gasteiger partial charge on any atom is -0.456 e. The van der Waals surface area contributed by atoms with Gasteiger partial charge in [-0.2, -0.15) is 0 Å². The third-order valence-electron chi connectivity index (χ3n) is 9.94. The molecular weight excluding hydrogens is 647 g/mol. The van der Waals surface area contributed by atoms with Crippen molar-refractivity contribution in [1.82, 2.24) is 15.0 Å². The molecule has 4 heteroatoms. The first kappa shape index (κ1) is 30.6. The van der Waals surface area contributed by atoms with Crippen molar-refractivity contribution >= 4 is 32.7 Å². The van der Waals surface area contributed by atoms with E-state index in [0.29, 0.717) is 17.5 Å². The van der Waals surface area contributed by atoms with Crippen LogP contribution in [-0.4, -0.2) is 15.0 Å². The monoisotopic (exact) mass is 677 g/mol. The summed E-state index contributed by atoms with van der Waals surface area (Å²) in [5.74, 6) is 1.79. The zero-order chi connectivity index (χ0) is 35.1. The maximum Gasteiger partial charge on any atom is 0.164 e. The molecule has 2 heterocycles. The molecule has 0 unspecified atom stereocenters. The van der Waals surface area contributed by atoms with Crippen LogP contribution in [-0.2, 0) is 0 Å². The maximum atomic E-state index is 6.65. The van der Waals surface area contributed by atoms with E-state index in [9.17, 15) is 0 Å². The number of hydrogen-bond donors (Lipinski definition) is 0. The summed E-state index contributed by atoms with van der Waals surface area (Å²) in [6, 6.07) is 65.1. The van der Waals surface area contributed by atoms with E-state index in [1.165, 1.54) is 5.39 Å². The lowest BCUT2D eigenvalue weighted by Gasteiger charge is -2.12. The molecule has 53 heavy (non-hydrogen) atoms. The summed E-state index contributed by atoms with van der Waals surface area (Å²) in [5, 5.41) is 4.53. The fourth-order valence-corrected chi connectivity index (χ4v) is 7.29. The van der Waals surface area contributed by atoms with Gasteiger partial charge in [0.1, 0.15) is 11.2 Å². The molecule has 0 fully saturated rings. The summed E-state index contributed by atoms with van der Waals surface area (Å²) in [5.41, 5.74) is 11.1. The van der Waals surface area contributed by atoms with Gasteiger partial charge in [0.05, 0.1) is 0 Å².